The average Bonchev–Trinajstić information content (AvgIpc) is 2.85. The molecule has 0 unspecified atom stereocenters. The van der Waals surface area contributed by atoms with Crippen LogP contribution in [0.15, 0.2) is 78.9 Å². The second-order valence-electron chi connectivity index (χ2n) is 8.50. The highest BCUT2D eigenvalue weighted by atomic mass is 16.5. The number of carbonyl (C=O) groups is 2. The minimum Gasteiger partial charge on any atom is -0.484 e. The van der Waals surface area contributed by atoms with Crippen LogP contribution in [0.25, 0.3) is 0 Å². The Morgan fingerprint density at radius 1 is 0.882 bits per heavy atom. The van der Waals surface area contributed by atoms with E-state index in [1.54, 1.807) is 4.90 Å². The van der Waals surface area contributed by atoms with Crippen LogP contribution < -0.4 is 10.1 Å². The SMILES string of the molecule is CCCNC(=O)[C@H](Cc1ccccc1)N(Cc1ccccc1C)C(=O)COc1ccccc1C. The number of para-hydroxylation sites is 1. The lowest BCUT2D eigenvalue weighted by molar-refractivity contribution is -0.142. The van der Waals surface area contributed by atoms with Crippen LogP contribution in [-0.2, 0) is 22.6 Å². The number of carbonyl (C=O) groups excluding carboxylic acids is 2. The van der Waals surface area contributed by atoms with Gasteiger partial charge in [0.2, 0.25) is 5.91 Å². The van der Waals surface area contributed by atoms with Crippen LogP contribution in [0.1, 0.15) is 35.6 Å². The first-order valence-electron chi connectivity index (χ1n) is 11.8. The van der Waals surface area contributed by atoms with Crippen molar-refractivity contribution >= 4 is 11.8 Å². The standard InChI is InChI=1S/C29H34N2O3/c1-4-18-30-29(33)26(19-24-14-6-5-7-15-24)31(20-25-16-10-8-12-22(25)2)28(32)21-34-27-17-11-9-13-23(27)3/h5-17,26H,4,18-21H2,1-3H3,(H,30,33)/t26-/m0/s1. The third kappa shape index (κ3) is 6.95. The zero-order chi connectivity index (χ0) is 24.3. The number of rotatable bonds is 11. The Labute approximate surface area is 202 Å². The van der Waals surface area contributed by atoms with Crippen LogP contribution in [0, 0.1) is 13.8 Å². The van der Waals surface area contributed by atoms with Crippen molar-refractivity contribution in [2.24, 2.45) is 0 Å². The molecule has 1 N–H and O–H groups in total. The van der Waals surface area contributed by atoms with Crippen LogP contribution in [0.5, 0.6) is 5.75 Å². The van der Waals surface area contributed by atoms with Gasteiger partial charge in [-0.2, -0.15) is 0 Å². The maximum atomic E-state index is 13.6. The van der Waals surface area contributed by atoms with Crippen molar-refractivity contribution in [1.82, 2.24) is 10.2 Å². The first-order valence-corrected chi connectivity index (χ1v) is 11.8. The molecule has 0 spiro atoms. The Hall–Kier alpha value is -3.60. The normalized spacial score (nSPS) is 11.5. The number of amides is 2. The molecule has 1 atom stereocenters. The molecule has 0 aliphatic carbocycles. The molecule has 178 valence electrons. The minimum atomic E-state index is -0.651. The molecular formula is C29H34N2O3. The molecule has 3 rings (SSSR count). The van der Waals surface area contributed by atoms with Gasteiger partial charge in [-0.15, -0.1) is 0 Å². The largest absolute Gasteiger partial charge is 0.484 e. The molecule has 5 nitrogen and oxygen atoms in total. The number of hydrogen-bond donors (Lipinski definition) is 1. The van der Waals surface area contributed by atoms with E-state index in [-0.39, 0.29) is 18.4 Å². The van der Waals surface area contributed by atoms with Crippen molar-refractivity contribution in [3.05, 3.63) is 101 Å². The van der Waals surface area contributed by atoms with Crippen molar-refractivity contribution in [2.45, 2.75) is 46.2 Å². The van der Waals surface area contributed by atoms with Gasteiger partial charge >= 0.3 is 0 Å². The van der Waals surface area contributed by atoms with E-state index < -0.39 is 6.04 Å². The number of ether oxygens (including phenoxy) is 1. The second-order valence-corrected chi connectivity index (χ2v) is 8.50. The van der Waals surface area contributed by atoms with E-state index in [9.17, 15) is 9.59 Å². The fourth-order valence-corrected chi connectivity index (χ4v) is 3.83. The molecule has 2 amide bonds. The highest BCUT2D eigenvalue weighted by Gasteiger charge is 2.30. The van der Waals surface area contributed by atoms with Gasteiger partial charge in [-0.1, -0.05) is 79.7 Å². The van der Waals surface area contributed by atoms with Gasteiger partial charge in [0.15, 0.2) is 6.61 Å². The van der Waals surface area contributed by atoms with Crippen molar-refractivity contribution < 1.29 is 14.3 Å². The van der Waals surface area contributed by atoms with E-state index in [0.29, 0.717) is 25.3 Å². The van der Waals surface area contributed by atoms with Crippen LogP contribution in [0.3, 0.4) is 0 Å². The van der Waals surface area contributed by atoms with E-state index >= 15 is 0 Å². The van der Waals surface area contributed by atoms with E-state index in [0.717, 1.165) is 28.7 Å². The zero-order valence-corrected chi connectivity index (χ0v) is 20.3. The van der Waals surface area contributed by atoms with Crippen LogP contribution >= 0.6 is 0 Å². The van der Waals surface area contributed by atoms with E-state index in [1.165, 1.54) is 0 Å². The summed E-state index contributed by atoms with van der Waals surface area (Å²) in [6, 6.07) is 24.7. The first kappa shape index (κ1) is 25.0. The number of benzene rings is 3. The molecule has 3 aromatic rings. The third-order valence-electron chi connectivity index (χ3n) is 5.87. The van der Waals surface area contributed by atoms with Crippen LogP contribution in [-0.4, -0.2) is 35.9 Å². The van der Waals surface area contributed by atoms with Crippen LogP contribution in [0.4, 0.5) is 0 Å². The molecule has 34 heavy (non-hydrogen) atoms. The molecule has 0 heterocycles. The minimum absolute atomic E-state index is 0.136. The molecule has 0 fully saturated rings. The smallest absolute Gasteiger partial charge is 0.261 e. The monoisotopic (exact) mass is 458 g/mol. The Morgan fingerprint density at radius 2 is 1.53 bits per heavy atom. The maximum Gasteiger partial charge on any atom is 0.261 e. The number of hydrogen-bond acceptors (Lipinski definition) is 3. The quantitative estimate of drug-likeness (QED) is 0.447. The summed E-state index contributed by atoms with van der Waals surface area (Å²) in [7, 11) is 0. The summed E-state index contributed by atoms with van der Waals surface area (Å²) in [5, 5.41) is 3.00. The Balaban J connectivity index is 1.91. The lowest BCUT2D eigenvalue weighted by atomic mass is 10.0. The fraction of sp³-hybridized carbons (Fsp3) is 0.310. The van der Waals surface area contributed by atoms with Gasteiger partial charge in [-0.25, -0.2) is 0 Å². The summed E-state index contributed by atoms with van der Waals surface area (Å²) < 4.78 is 5.89. The van der Waals surface area contributed by atoms with Gasteiger partial charge in [0.1, 0.15) is 11.8 Å². The molecule has 3 aromatic carbocycles. The van der Waals surface area contributed by atoms with E-state index in [4.69, 9.17) is 4.74 Å². The summed E-state index contributed by atoms with van der Waals surface area (Å²) >= 11 is 0. The molecular weight excluding hydrogens is 424 g/mol. The van der Waals surface area contributed by atoms with Gasteiger partial charge in [-0.3, -0.25) is 9.59 Å². The summed E-state index contributed by atoms with van der Waals surface area (Å²) in [4.78, 5) is 28.5. The highest BCUT2D eigenvalue weighted by Crippen LogP contribution is 2.19. The highest BCUT2D eigenvalue weighted by molar-refractivity contribution is 5.88. The Kier molecular flexibility index (Phi) is 9.27. The number of nitrogens with zero attached hydrogens (tertiary/aromatic N) is 1. The van der Waals surface area contributed by atoms with Crippen molar-refractivity contribution in [3.63, 3.8) is 0 Å². The summed E-state index contributed by atoms with van der Waals surface area (Å²) in [5.41, 5.74) is 4.05. The Morgan fingerprint density at radius 3 is 2.21 bits per heavy atom. The third-order valence-corrected chi connectivity index (χ3v) is 5.87. The molecule has 0 aromatic heterocycles. The maximum absolute atomic E-state index is 13.6. The van der Waals surface area contributed by atoms with E-state index in [2.05, 4.69) is 5.32 Å². The molecule has 0 radical (unpaired) electrons. The first-order chi connectivity index (χ1) is 16.5. The lowest BCUT2D eigenvalue weighted by Crippen LogP contribution is -2.51. The lowest BCUT2D eigenvalue weighted by Gasteiger charge is -2.32. The number of aryl methyl sites for hydroxylation is 2. The molecule has 0 aliphatic rings. The predicted octanol–water partition coefficient (Wildman–Crippen LogP) is 4.85. The van der Waals surface area contributed by atoms with Gasteiger partial charge in [0.25, 0.3) is 5.91 Å². The van der Waals surface area contributed by atoms with Crippen molar-refractivity contribution in [1.29, 1.82) is 0 Å². The van der Waals surface area contributed by atoms with Crippen LogP contribution in [0.2, 0.25) is 0 Å². The van der Waals surface area contributed by atoms with Crippen molar-refractivity contribution in [2.75, 3.05) is 13.2 Å². The second kappa shape index (κ2) is 12.6. The summed E-state index contributed by atoms with van der Waals surface area (Å²) in [5.74, 6) is 0.296. The van der Waals surface area contributed by atoms with Crippen molar-refractivity contribution in [3.8, 4) is 5.75 Å². The van der Waals surface area contributed by atoms with Gasteiger partial charge in [0.05, 0.1) is 0 Å². The summed E-state index contributed by atoms with van der Waals surface area (Å²) in [6.45, 7) is 6.74. The predicted molar refractivity (Wildman–Crippen MR) is 136 cm³/mol. The fourth-order valence-electron chi connectivity index (χ4n) is 3.83. The molecule has 0 saturated carbocycles. The van der Waals surface area contributed by atoms with E-state index in [1.807, 2.05) is 99.6 Å². The topological polar surface area (TPSA) is 58.6 Å². The van der Waals surface area contributed by atoms with Gasteiger partial charge in [0, 0.05) is 19.5 Å². The average molecular weight is 459 g/mol. The Bertz CT molecular complexity index is 1080. The molecule has 5 heteroatoms. The molecule has 0 saturated heterocycles. The number of nitrogens with one attached hydrogen (secondary N) is 1. The van der Waals surface area contributed by atoms with Gasteiger partial charge in [-0.05, 0) is 48.6 Å². The molecule has 0 bridgehead atoms. The summed E-state index contributed by atoms with van der Waals surface area (Å²) in [6.07, 6.45) is 1.25. The molecule has 0 aliphatic heterocycles. The zero-order valence-electron chi connectivity index (χ0n) is 20.3. The van der Waals surface area contributed by atoms with Gasteiger partial charge < -0.3 is 15.0 Å².